The smallest absolute Gasteiger partial charge is 0.246 e. The Morgan fingerprint density at radius 1 is 0.714 bits per heavy atom. The lowest BCUT2D eigenvalue weighted by Gasteiger charge is -2.25. The summed E-state index contributed by atoms with van der Waals surface area (Å²) in [6.07, 6.45) is 0. The van der Waals surface area contributed by atoms with Crippen molar-refractivity contribution in [1.29, 1.82) is 0 Å². The van der Waals surface area contributed by atoms with Crippen LogP contribution in [0.15, 0.2) is 34.8 Å². The maximum absolute atomic E-state index is 15.6. The second-order valence-corrected chi connectivity index (χ2v) is 13.1. The van der Waals surface area contributed by atoms with E-state index in [1.54, 1.807) is 14.2 Å². The van der Waals surface area contributed by atoms with Gasteiger partial charge in [0.15, 0.2) is 18.6 Å². The fourth-order valence-electron chi connectivity index (χ4n) is 4.98. The summed E-state index contributed by atoms with van der Waals surface area (Å²) >= 11 is 3.75. The number of hydrogen-bond acceptors (Lipinski definition) is 5. The average Bonchev–Trinajstić information content (AvgIpc) is 3.11. The van der Waals surface area contributed by atoms with Crippen LogP contribution in [0.3, 0.4) is 0 Å². The summed E-state index contributed by atoms with van der Waals surface area (Å²) in [7, 11) is -0.0628. The highest BCUT2D eigenvalue weighted by atomic mass is 79.9. The minimum atomic E-state index is -3.38. The molecule has 35 heavy (non-hydrogen) atoms. The van der Waals surface area contributed by atoms with E-state index < -0.39 is 12.9 Å². The van der Waals surface area contributed by atoms with Gasteiger partial charge in [-0.2, -0.15) is 0 Å². The zero-order valence-corrected chi connectivity index (χ0v) is 24.2. The van der Waals surface area contributed by atoms with Crippen molar-refractivity contribution in [3.05, 3.63) is 62.6 Å². The Morgan fingerprint density at radius 3 is 1.51 bits per heavy atom. The molecule has 0 saturated heterocycles. The van der Waals surface area contributed by atoms with Crippen molar-refractivity contribution in [2.75, 3.05) is 14.2 Å². The van der Waals surface area contributed by atoms with E-state index in [1.807, 2.05) is 78.8 Å². The van der Waals surface area contributed by atoms with E-state index in [0.717, 1.165) is 49.9 Å². The molecule has 0 spiro atoms. The Labute approximate surface area is 216 Å². The molecular formula is C28H32BrO5P. The minimum Gasteiger partial charge on any atom is -0.496 e. The Kier molecular flexibility index (Phi) is 6.53. The molecule has 0 unspecified atom stereocenters. The van der Waals surface area contributed by atoms with Gasteiger partial charge in [0.2, 0.25) is 5.79 Å². The van der Waals surface area contributed by atoms with Crippen LogP contribution in [0.1, 0.15) is 41.7 Å². The fraction of sp³-hybridized carbons (Fsp3) is 0.357. The van der Waals surface area contributed by atoms with E-state index in [-0.39, 0.29) is 0 Å². The summed E-state index contributed by atoms with van der Waals surface area (Å²) in [5.74, 6) is 2.03. The number of rotatable bonds is 5. The molecule has 0 atom stereocenters. The predicted molar refractivity (Wildman–Crippen MR) is 146 cm³/mol. The van der Waals surface area contributed by atoms with Crippen molar-refractivity contribution in [3.8, 4) is 23.0 Å². The first kappa shape index (κ1) is 25.7. The van der Waals surface area contributed by atoms with E-state index >= 15 is 4.57 Å². The first-order chi connectivity index (χ1) is 16.3. The van der Waals surface area contributed by atoms with Crippen LogP contribution in [-0.2, 0) is 4.57 Å². The minimum absolute atomic E-state index is 0.578. The number of aryl methyl sites for hydroxylation is 5. The quantitative estimate of drug-likeness (QED) is 0.351. The van der Waals surface area contributed by atoms with Crippen LogP contribution >= 0.6 is 23.1 Å². The molecule has 0 N–H and O–H groups in total. The van der Waals surface area contributed by atoms with Gasteiger partial charge < -0.3 is 23.5 Å². The molecular weight excluding hydrogens is 527 g/mol. The molecule has 1 aliphatic rings. The van der Waals surface area contributed by atoms with Gasteiger partial charge in [0, 0.05) is 29.8 Å². The molecule has 0 saturated carbocycles. The second-order valence-electron chi connectivity index (χ2n) is 9.62. The number of benzene rings is 3. The zero-order chi connectivity index (χ0) is 25.9. The summed E-state index contributed by atoms with van der Waals surface area (Å²) < 4.78 is 39.6. The lowest BCUT2D eigenvalue weighted by atomic mass is 10.1. The molecule has 5 nitrogen and oxygen atoms in total. The predicted octanol–water partition coefficient (Wildman–Crippen LogP) is 6.16. The van der Waals surface area contributed by atoms with E-state index in [2.05, 4.69) is 15.9 Å². The van der Waals surface area contributed by atoms with Crippen molar-refractivity contribution < 1.29 is 23.5 Å². The summed E-state index contributed by atoms with van der Waals surface area (Å²) in [6.45, 7) is 13.6. The van der Waals surface area contributed by atoms with Crippen molar-refractivity contribution in [1.82, 2.24) is 0 Å². The maximum atomic E-state index is 15.6. The van der Waals surface area contributed by atoms with Gasteiger partial charge in [-0.15, -0.1) is 0 Å². The number of fused-ring (bicyclic) bond motifs is 1. The maximum Gasteiger partial charge on any atom is 0.246 e. The van der Waals surface area contributed by atoms with Crippen LogP contribution in [0.4, 0.5) is 0 Å². The molecule has 3 aromatic carbocycles. The third kappa shape index (κ3) is 4.15. The fourth-order valence-corrected chi connectivity index (χ4v) is 9.21. The summed E-state index contributed by atoms with van der Waals surface area (Å²) in [4.78, 5) is 0. The number of hydrogen-bond donors (Lipinski definition) is 0. The molecule has 0 bridgehead atoms. The lowest BCUT2D eigenvalue weighted by Crippen LogP contribution is -2.30. The summed E-state index contributed by atoms with van der Waals surface area (Å²) in [6, 6.07) is 9.84. The van der Waals surface area contributed by atoms with Gasteiger partial charge in [0.1, 0.15) is 11.5 Å². The number of ether oxygens (including phenoxy) is 4. The van der Waals surface area contributed by atoms with Crippen molar-refractivity contribution >= 4 is 39.0 Å². The van der Waals surface area contributed by atoms with Crippen LogP contribution in [0.2, 0.25) is 0 Å². The number of methoxy groups -OCH3 is 2. The standard InChI is InChI=1S/C28H32BrO5P/c1-15-10-20(11-16(2)24(15)31-8)35(30,21-12-17(3)25(32-9)18(4)13-21)22-14-19(5)26-27(23(22)29)34-28(6,7)33-26/h10-14H,1-9H3. The van der Waals surface area contributed by atoms with Crippen molar-refractivity contribution in [3.63, 3.8) is 0 Å². The summed E-state index contributed by atoms with van der Waals surface area (Å²) in [5.41, 5.74) is 4.59. The molecule has 0 aliphatic carbocycles. The largest absolute Gasteiger partial charge is 0.496 e. The molecule has 7 heteroatoms. The molecule has 0 amide bonds. The van der Waals surface area contributed by atoms with Crippen molar-refractivity contribution in [2.24, 2.45) is 0 Å². The monoisotopic (exact) mass is 558 g/mol. The molecule has 4 rings (SSSR count). The highest BCUT2D eigenvalue weighted by molar-refractivity contribution is 9.10. The lowest BCUT2D eigenvalue weighted by molar-refractivity contribution is -0.0436. The van der Waals surface area contributed by atoms with Gasteiger partial charge in [0.25, 0.3) is 0 Å². The van der Waals surface area contributed by atoms with Gasteiger partial charge in [-0.05, 0) is 109 Å². The topological polar surface area (TPSA) is 54.0 Å². The van der Waals surface area contributed by atoms with Gasteiger partial charge in [-0.1, -0.05) is 0 Å². The van der Waals surface area contributed by atoms with Crippen LogP contribution in [0.5, 0.6) is 23.0 Å². The highest BCUT2D eigenvalue weighted by Gasteiger charge is 2.41. The SMILES string of the molecule is COc1c(C)cc(P(=O)(c2cc(C)c(OC)c(C)c2)c2cc(C)c3c(c2Br)OC(C)(C)O3)cc1C. The Balaban J connectivity index is 2.10. The highest BCUT2D eigenvalue weighted by Crippen LogP contribution is 2.53. The molecule has 3 aromatic rings. The third-order valence-electron chi connectivity index (χ3n) is 6.40. The van der Waals surface area contributed by atoms with Crippen LogP contribution in [-0.4, -0.2) is 20.0 Å². The molecule has 0 fully saturated rings. The van der Waals surface area contributed by atoms with E-state index in [9.17, 15) is 0 Å². The molecule has 186 valence electrons. The van der Waals surface area contributed by atoms with E-state index in [4.69, 9.17) is 18.9 Å². The Morgan fingerprint density at radius 2 is 1.11 bits per heavy atom. The first-order valence-electron chi connectivity index (χ1n) is 11.5. The van der Waals surface area contributed by atoms with E-state index in [0.29, 0.717) is 21.3 Å². The molecule has 1 aliphatic heterocycles. The second kappa shape index (κ2) is 8.90. The number of halogens is 1. The van der Waals surface area contributed by atoms with E-state index in [1.165, 1.54) is 0 Å². The van der Waals surface area contributed by atoms with Gasteiger partial charge in [0.05, 0.1) is 18.7 Å². The molecule has 0 radical (unpaired) electrons. The summed E-state index contributed by atoms with van der Waals surface area (Å²) in [5, 5.41) is 2.13. The van der Waals surface area contributed by atoms with Gasteiger partial charge in [-0.25, -0.2) is 0 Å². The zero-order valence-electron chi connectivity index (χ0n) is 21.8. The van der Waals surface area contributed by atoms with Crippen LogP contribution in [0, 0.1) is 34.6 Å². The van der Waals surface area contributed by atoms with Crippen LogP contribution in [0.25, 0.3) is 0 Å². The molecule has 0 aromatic heterocycles. The third-order valence-corrected chi connectivity index (χ3v) is 10.5. The van der Waals surface area contributed by atoms with Gasteiger partial charge in [-0.3, -0.25) is 0 Å². The average molecular weight is 559 g/mol. The Hall–Kier alpha value is -2.43. The molecule has 1 heterocycles. The van der Waals surface area contributed by atoms with Crippen LogP contribution < -0.4 is 34.9 Å². The normalized spacial score (nSPS) is 14.2. The first-order valence-corrected chi connectivity index (χ1v) is 14.0. The Bertz CT molecular complexity index is 1280. The van der Waals surface area contributed by atoms with Crippen molar-refractivity contribution in [2.45, 2.75) is 54.3 Å². The van der Waals surface area contributed by atoms with Gasteiger partial charge >= 0.3 is 0 Å².